The first-order valence-electron chi connectivity index (χ1n) is 8.81. The summed E-state index contributed by atoms with van der Waals surface area (Å²) in [5, 5.41) is 8.81. The fourth-order valence-electron chi connectivity index (χ4n) is 2.64. The van der Waals surface area contributed by atoms with Crippen molar-refractivity contribution in [3.05, 3.63) is 64.6 Å². The van der Waals surface area contributed by atoms with Crippen molar-refractivity contribution < 1.29 is 29.0 Å². The molecule has 0 spiro atoms. The van der Waals surface area contributed by atoms with E-state index >= 15 is 0 Å². The monoisotopic (exact) mass is 443 g/mol. The van der Waals surface area contributed by atoms with E-state index in [0.717, 1.165) is 11.8 Å². The van der Waals surface area contributed by atoms with E-state index in [-0.39, 0.29) is 24.6 Å². The highest BCUT2D eigenvalue weighted by Crippen LogP contribution is 2.35. The molecule has 2 aromatic carbocycles. The number of benzene rings is 2. The molecule has 7 nitrogen and oxygen atoms in total. The summed E-state index contributed by atoms with van der Waals surface area (Å²) in [7, 11) is 1.45. The number of nitrogens with zero attached hydrogens (tertiary/aromatic N) is 1. The van der Waals surface area contributed by atoms with Crippen molar-refractivity contribution in [2.75, 3.05) is 13.7 Å². The molecular formula is C21H17NO6S2. The fraction of sp³-hybridized carbons (Fsp3) is 0.143. The number of carbonyl (C=O) groups excluding carboxylic acids is 2. The van der Waals surface area contributed by atoms with Gasteiger partial charge in [0.15, 0.2) is 11.5 Å². The van der Waals surface area contributed by atoms with Gasteiger partial charge in [-0.05, 0) is 35.9 Å². The van der Waals surface area contributed by atoms with Crippen LogP contribution in [-0.2, 0) is 9.59 Å². The van der Waals surface area contributed by atoms with Gasteiger partial charge in [0.2, 0.25) is 0 Å². The summed E-state index contributed by atoms with van der Waals surface area (Å²) >= 11 is 6.28. The number of ether oxygens (including phenoxy) is 2. The largest absolute Gasteiger partial charge is 0.493 e. The number of thiocarbonyl (C=S) groups is 1. The summed E-state index contributed by atoms with van der Waals surface area (Å²) in [6.07, 6.45) is 1.44. The molecule has 0 aromatic heterocycles. The molecule has 1 heterocycles. The first-order chi connectivity index (χ1) is 14.4. The van der Waals surface area contributed by atoms with Crippen LogP contribution in [0, 0.1) is 0 Å². The van der Waals surface area contributed by atoms with Gasteiger partial charge in [0.1, 0.15) is 4.32 Å². The van der Waals surface area contributed by atoms with E-state index in [2.05, 4.69) is 0 Å². The zero-order valence-corrected chi connectivity index (χ0v) is 17.5. The number of aliphatic carboxylic acids is 1. The Morgan fingerprint density at radius 2 is 1.90 bits per heavy atom. The lowest BCUT2D eigenvalue weighted by Crippen LogP contribution is -2.30. The van der Waals surface area contributed by atoms with Crippen LogP contribution in [0.4, 0.5) is 0 Å². The predicted molar refractivity (Wildman–Crippen MR) is 117 cm³/mol. The van der Waals surface area contributed by atoms with E-state index < -0.39 is 11.9 Å². The minimum Gasteiger partial charge on any atom is -0.493 e. The van der Waals surface area contributed by atoms with E-state index in [0.29, 0.717) is 26.1 Å². The van der Waals surface area contributed by atoms with Gasteiger partial charge >= 0.3 is 11.9 Å². The first-order valence-corrected chi connectivity index (χ1v) is 10.0. The van der Waals surface area contributed by atoms with Crippen LogP contribution in [0.3, 0.4) is 0 Å². The second-order valence-corrected chi connectivity index (χ2v) is 7.82. The van der Waals surface area contributed by atoms with Crippen molar-refractivity contribution >= 4 is 52.2 Å². The maximum absolute atomic E-state index is 12.5. The molecule has 9 heteroatoms. The molecule has 1 saturated heterocycles. The molecule has 1 aliphatic heterocycles. The lowest BCUT2D eigenvalue weighted by molar-refractivity contribution is -0.137. The van der Waals surface area contributed by atoms with Crippen LogP contribution in [-0.4, -0.2) is 45.8 Å². The topological polar surface area (TPSA) is 93.1 Å². The molecule has 0 saturated carbocycles. The number of carboxylic acids is 1. The van der Waals surface area contributed by atoms with Crippen LogP contribution < -0.4 is 9.47 Å². The van der Waals surface area contributed by atoms with Gasteiger partial charge in [0.25, 0.3) is 5.91 Å². The summed E-state index contributed by atoms with van der Waals surface area (Å²) in [5.74, 6) is -1.28. The zero-order chi connectivity index (χ0) is 21.7. The van der Waals surface area contributed by atoms with Crippen molar-refractivity contribution in [1.29, 1.82) is 0 Å². The lowest BCUT2D eigenvalue weighted by atomic mass is 10.1. The van der Waals surface area contributed by atoms with Crippen molar-refractivity contribution in [2.24, 2.45) is 0 Å². The van der Waals surface area contributed by atoms with Gasteiger partial charge in [-0.3, -0.25) is 14.5 Å². The predicted octanol–water partition coefficient (Wildman–Crippen LogP) is 3.59. The van der Waals surface area contributed by atoms with E-state index in [1.807, 2.05) is 0 Å². The Bertz CT molecular complexity index is 1040. The van der Waals surface area contributed by atoms with Gasteiger partial charge in [0, 0.05) is 6.54 Å². The Hall–Kier alpha value is -3.17. The minimum atomic E-state index is -1.00. The average molecular weight is 444 g/mol. The number of amides is 1. The fourth-order valence-corrected chi connectivity index (χ4v) is 3.95. The third-order valence-electron chi connectivity index (χ3n) is 4.12. The van der Waals surface area contributed by atoms with Crippen molar-refractivity contribution in [2.45, 2.75) is 6.42 Å². The van der Waals surface area contributed by atoms with Crippen LogP contribution in [0.25, 0.3) is 6.08 Å². The molecule has 0 bridgehead atoms. The molecule has 154 valence electrons. The maximum Gasteiger partial charge on any atom is 0.343 e. The summed E-state index contributed by atoms with van der Waals surface area (Å²) < 4.78 is 11.1. The first kappa shape index (κ1) is 21.5. The Morgan fingerprint density at radius 1 is 1.17 bits per heavy atom. The summed E-state index contributed by atoms with van der Waals surface area (Å²) in [6, 6.07) is 13.5. The smallest absolute Gasteiger partial charge is 0.343 e. The molecule has 1 fully saturated rings. The Kier molecular flexibility index (Phi) is 6.86. The summed E-state index contributed by atoms with van der Waals surface area (Å²) in [4.78, 5) is 37.2. The number of carbonyl (C=O) groups is 3. The zero-order valence-electron chi connectivity index (χ0n) is 15.9. The molecule has 2 aromatic rings. The minimum absolute atomic E-state index is 0.0229. The highest BCUT2D eigenvalue weighted by atomic mass is 32.2. The Morgan fingerprint density at radius 3 is 2.57 bits per heavy atom. The molecule has 30 heavy (non-hydrogen) atoms. The molecule has 0 aliphatic carbocycles. The number of thioether (sulfide) groups is 1. The molecule has 1 aliphatic rings. The number of esters is 1. The van der Waals surface area contributed by atoms with Crippen LogP contribution in [0.15, 0.2) is 53.4 Å². The van der Waals surface area contributed by atoms with E-state index in [1.54, 1.807) is 54.6 Å². The molecule has 0 atom stereocenters. The maximum atomic E-state index is 12.5. The summed E-state index contributed by atoms with van der Waals surface area (Å²) in [6.45, 7) is 0.0229. The van der Waals surface area contributed by atoms with Crippen molar-refractivity contribution in [3.63, 3.8) is 0 Å². The normalized spacial score (nSPS) is 14.8. The van der Waals surface area contributed by atoms with Crippen LogP contribution in [0.5, 0.6) is 11.5 Å². The van der Waals surface area contributed by atoms with Gasteiger partial charge in [-0.15, -0.1) is 0 Å². The van der Waals surface area contributed by atoms with Gasteiger partial charge < -0.3 is 14.6 Å². The average Bonchev–Trinajstić information content (AvgIpc) is 3.00. The van der Waals surface area contributed by atoms with E-state index in [9.17, 15) is 14.4 Å². The van der Waals surface area contributed by atoms with Gasteiger partial charge in [-0.2, -0.15) is 0 Å². The molecular weight excluding hydrogens is 426 g/mol. The third-order valence-corrected chi connectivity index (χ3v) is 5.50. The van der Waals surface area contributed by atoms with Crippen LogP contribution in [0.2, 0.25) is 0 Å². The Balaban J connectivity index is 1.78. The highest BCUT2D eigenvalue weighted by Gasteiger charge is 2.32. The standard InChI is InChI=1S/C21H17NO6S2/c1-27-16-11-13(7-8-15(16)28-20(26)14-5-3-2-4-6-14)12-17-19(25)22(21(29)30-17)10-9-18(23)24/h2-8,11-12H,9-10H2,1H3,(H,23,24)/b17-12+. The number of hydrogen-bond acceptors (Lipinski definition) is 7. The lowest BCUT2D eigenvalue weighted by Gasteiger charge is -2.12. The molecule has 0 unspecified atom stereocenters. The Labute approximate surface area is 182 Å². The second kappa shape index (κ2) is 9.55. The van der Waals surface area contributed by atoms with E-state index in [4.69, 9.17) is 26.8 Å². The molecule has 1 amide bonds. The third kappa shape index (κ3) is 5.05. The number of rotatable bonds is 7. The summed E-state index contributed by atoms with van der Waals surface area (Å²) in [5.41, 5.74) is 1.05. The van der Waals surface area contributed by atoms with Gasteiger partial charge in [-0.25, -0.2) is 4.79 Å². The molecule has 3 rings (SSSR count). The van der Waals surface area contributed by atoms with Crippen molar-refractivity contribution in [1.82, 2.24) is 4.90 Å². The number of hydrogen-bond donors (Lipinski definition) is 1. The van der Waals surface area contributed by atoms with Gasteiger partial charge in [0.05, 0.1) is 24.0 Å². The number of carboxylic acid groups (broad SMARTS) is 1. The SMILES string of the molecule is COc1cc(/C=C2/SC(=S)N(CCC(=O)O)C2=O)ccc1OC(=O)c1ccccc1. The van der Waals surface area contributed by atoms with Crippen molar-refractivity contribution in [3.8, 4) is 11.5 Å². The quantitative estimate of drug-likeness (QED) is 0.300. The number of methoxy groups -OCH3 is 1. The molecule has 0 radical (unpaired) electrons. The second-order valence-electron chi connectivity index (χ2n) is 6.14. The highest BCUT2D eigenvalue weighted by molar-refractivity contribution is 8.26. The molecule has 1 N–H and O–H groups in total. The van der Waals surface area contributed by atoms with Crippen LogP contribution >= 0.6 is 24.0 Å². The van der Waals surface area contributed by atoms with Crippen LogP contribution in [0.1, 0.15) is 22.3 Å². The van der Waals surface area contributed by atoms with E-state index in [1.165, 1.54) is 12.0 Å². The van der Waals surface area contributed by atoms with Gasteiger partial charge in [-0.1, -0.05) is 48.2 Å².